The fourth-order valence-electron chi connectivity index (χ4n) is 1.80. The summed E-state index contributed by atoms with van der Waals surface area (Å²) in [6.45, 7) is 0. The summed E-state index contributed by atoms with van der Waals surface area (Å²) in [6.07, 6.45) is 3.80. The molecule has 0 amide bonds. The first-order valence-electron chi connectivity index (χ1n) is 5.35. The fraction of sp³-hybridized carbons (Fsp3) is 0.231. The molecule has 4 heteroatoms. The van der Waals surface area contributed by atoms with Gasteiger partial charge in [0.1, 0.15) is 5.75 Å². The monoisotopic (exact) mass is 232 g/mol. The van der Waals surface area contributed by atoms with Crippen LogP contribution in [0.2, 0.25) is 0 Å². The van der Waals surface area contributed by atoms with E-state index in [4.69, 9.17) is 4.74 Å². The van der Waals surface area contributed by atoms with Gasteiger partial charge in [0, 0.05) is 32.1 Å². The molecule has 0 spiro atoms. The van der Waals surface area contributed by atoms with Crippen LogP contribution in [0.25, 0.3) is 5.76 Å². The summed E-state index contributed by atoms with van der Waals surface area (Å²) < 4.78 is 5.09. The minimum absolute atomic E-state index is 0.252. The number of aliphatic hydroxyl groups excluding tert-OH is 1. The molecule has 1 aromatic carbocycles. The zero-order valence-corrected chi connectivity index (χ0v) is 10.2. The SMILES string of the molecule is COc1ccc(C(O)=C2N(C)C=CN2C)cc1. The summed E-state index contributed by atoms with van der Waals surface area (Å²) in [4.78, 5) is 3.75. The molecule has 1 aromatic rings. The van der Waals surface area contributed by atoms with Gasteiger partial charge in [0.25, 0.3) is 0 Å². The minimum atomic E-state index is 0.252. The first-order valence-corrected chi connectivity index (χ1v) is 5.35. The van der Waals surface area contributed by atoms with Gasteiger partial charge in [0.2, 0.25) is 0 Å². The van der Waals surface area contributed by atoms with E-state index in [-0.39, 0.29) is 5.76 Å². The highest BCUT2D eigenvalue weighted by Crippen LogP contribution is 2.25. The maximum absolute atomic E-state index is 10.2. The van der Waals surface area contributed by atoms with E-state index in [0.29, 0.717) is 0 Å². The topological polar surface area (TPSA) is 35.9 Å². The molecule has 0 aromatic heterocycles. The van der Waals surface area contributed by atoms with E-state index in [0.717, 1.165) is 17.1 Å². The van der Waals surface area contributed by atoms with Crippen molar-refractivity contribution in [3.63, 3.8) is 0 Å². The molecular weight excluding hydrogens is 216 g/mol. The number of ether oxygens (including phenoxy) is 1. The molecule has 1 N–H and O–H groups in total. The Balaban J connectivity index is 2.35. The van der Waals surface area contributed by atoms with Gasteiger partial charge in [-0.2, -0.15) is 0 Å². The van der Waals surface area contributed by atoms with E-state index in [1.807, 2.05) is 60.6 Å². The smallest absolute Gasteiger partial charge is 0.164 e. The molecule has 0 fully saturated rings. The summed E-state index contributed by atoms with van der Waals surface area (Å²) in [7, 11) is 5.42. The Morgan fingerprint density at radius 2 is 1.59 bits per heavy atom. The maximum atomic E-state index is 10.2. The zero-order chi connectivity index (χ0) is 12.4. The van der Waals surface area contributed by atoms with Crippen LogP contribution in [0, 0.1) is 0 Å². The van der Waals surface area contributed by atoms with Crippen molar-refractivity contribution in [1.82, 2.24) is 9.80 Å². The molecule has 90 valence electrons. The lowest BCUT2D eigenvalue weighted by Crippen LogP contribution is -2.18. The number of hydrogen-bond acceptors (Lipinski definition) is 4. The second kappa shape index (κ2) is 4.41. The Hall–Kier alpha value is -2.10. The highest BCUT2D eigenvalue weighted by Gasteiger charge is 2.18. The third-order valence-electron chi connectivity index (χ3n) is 2.76. The lowest BCUT2D eigenvalue weighted by Gasteiger charge is -2.19. The standard InChI is InChI=1S/C13H16N2O2/c1-14-8-9-15(2)13(14)12(16)10-4-6-11(17-3)7-5-10/h4-9,16H,1-3H3. The van der Waals surface area contributed by atoms with Crippen LogP contribution >= 0.6 is 0 Å². The Morgan fingerprint density at radius 3 is 2.06 bits per heavy atom. The lowest BCUT2D eigenvalue weighted by molar-refractivity contribution is 0.403. The molecule has 0 unspecified atom stereocenters. The maximum Gasteiger partial charge on any atom is 0.164 e. The number of nitrogens with zero attached hydrogens (tertiary/aromatic N) is 2. The molecule has 0 saturated carbocycles. The van der Waals surface area contributed by atoms with Gasteiger partial charge >= 0.3 is 0 Å². The second-order valence-electron chi connectivity index (χ2n) is 3.92. The molecular formula is C13H16N2O2. The van der Waals surface area contributed by atoms with Crippen LogP contribution in [0.15, 0.2) is 42.5 Å². The molecule has 0 radical (unpaired) electrons. The summed E-state index contributed by atoms with van der Waals surface area (Å²) in [6, 6.07) is 7.32. The molecule has 0 bridgehead atoms. The molecule has 2 rings (SSSR count). The van der Waals surface area contributed by atoms with Gasteiger partial charge in [-0.3, -0.25) is 0 Å². The minimum Gasteiger partial charge on any atom is -0.504 e. The number of hydrogen-bond donors (Lipinski definition) is 1. The number of methoxy groups -OCH3 is 1. The molecule has 0 atom stereocenters. The van der Waals surface area contributed by atoms with Crippen LogP contribution in [0.1, 0.15) is 5.56 Å². The van der Waals surface area contributed by atoms with E-state index in [9.17, 15) is 5.11 Å². The van der Waals surface area contributed by atoms with Gasteiger partial charge in [0.05, 0.1) is 7.11 Å². The van der Waals surface area contributed by atoms with Gasteiger partial charge in [-0.1, -0.05) is 0 Å². The third-order valence-corrected chi connectivity index (χ3v) is 2.76. The average molecular weight is 232 g/mol. The largest absolute Gasteiger partial charge is 0.504 e. The van der Waals surface area contributed by atoms with Gasteiger partial charge in [-0.25, -0.2) is 0 Å². The number of rotatable bonds is 2. The summed E-state index contributed by atoms with van der Waals surface area (Å²) in [5, 5.41) is 10.2. The van der Waals surface area contributed by atoms with Crippen molar-refractivity contribution in [1.29, 1.82) is 0 Å². The molecule has 1 aliphatic rings. The van der Waals surface area contributed by atoms with Crippen molar-refractivity contribution in [3.8, 4) is 5.75 Å². The van der Waals surface area contributed by atoms with Crippen LogP contribution in [0.5, 0.6) is 5.75 Å². The van der Waals surface area contributed by atoms with Crippen LogP contribution in [-0.4, -0.2) is 36.1 Å². The Kier molecular flexibility index (Phi) is 2.95. The Bertz CT molecular complexity index is 449. The van der Waals surface area contributed by atoms with Crippen molar-refractivity contribution in [2.24, 2.45) is 0 Å². The van der Waals surface area contributed by atoms with Gasteiger partial charge in [0.15, 0.2) is 11.6 Å². The molecule has 1 aliphatic heterocycles. The summed E-state index contributed by atoms with van der Waals surface area (Å²) in [5.41, 5.74) is 0.767. The highest BCUT2D eigenvalue weighted by atomic mass is 16.5. The van der Waals surface area contributed by atoms with Crippen molar-refractivity contribution >= 4 is 5.76 Å². The zero-order valence-electron chi connectivity index (χ0n) is 10.2. The first kappa shape index (κ1) is 11.4. The quantitative estimate of drug-likeness (QED) is 0.793. The van der Waals surface area contributed by atoms with Crippen molar-refractivity contribution in [2.75, 3.05) is 21.2 Å². The van der Waals surface area contributed by atoms with Crippen molar-refractivity contribution < 1.29 is 9.84 Å². The van der Waals surface area contributed by atoms with E-state index in [2.05, 4.69) is 0 Å². The number of benzene rings is 1. The number of aliphatic hydroxyl groups is 1. The van der Waals surface area contributed by atoms with E-state index in [1.54, 1.807) is 7.11 Å². The van der Waals surface area contributed by atoms with Crippen LogP contribution in [0.4, 0.5) is 0 Å². The fourth-order valence-corrected chi connectivity index (χ4v) is 1.80. The van der Waals surface area contributed by atoms with Gasteiger partial charge in [-0.15, -0.1) is 0 Å². The predicted octanol–water partition coefficient (Wildman–Crippen LogP) is 2.23. The van der Waals surface area contributed by atoms with Gasteiger partial charge < -0.3 is 19.6 Å². The van der Waals surface area contributed by atoms with Crippen molar-refractivity contribution in [3.05, 3.63) is 48.0 Å². The molecule has 0 saturated heterocycles. The van der Waals surface area contributed by atoms with Crippen LogP contribution in [-0.2, 0) is 0 Å². The molecule has 0 aliphatic carbocycles. The second-order valence-corrected chi connectivity index (χ2v) is 3.92. The van der Waals surface area contributed by atoms with E-state index < -0.39 is 0 Å². The molecule has 1 heterocycles. The lowest BCUT2D eigenvalue weighted by atomic mass is 10.1. The Morgan fingerprint density at radius 1 is 1.06 bits per heavy atom. The Labute approximate surface area is 101 Å². The summed E-state index contributed by atoms with van der Waals surface area (Å²) >= 11 is 0. The van der Waals surface area contributed by atoms with E-state index in [1.165, 1.54) is 0 Å². The highest BCUT2D eigenvalue weighted by molar-refractivity contribution is 5.62. The molecule has 17 heavy (non-hydrogen) atoms. The van der Waals surface area contributed by atoms with E-state index >= 15 is 0 Å². The average Bonchev–Trinajstić information content (AvgIpc) is 2.68. The van der Waals surface area contributed by atoms with Crippen molar-refractivity contribution in [2.45, 2.75) is 0 Å². The first-order chi connectivity index (χ1) is 8.13. The van der Waals surface area contributed by atoms with Crippen LogP contribution < -0.4 is 4.74 Å². The third kappa shape index (κ3) is 2.06. The normalized spacial score (nSPS) is 14.4. The van der Waals surface area contributed by atoms with Crippen LogP contribution in [0.3, 0.4) is 0 Å². The summed E-state index contributed by atoms with van der Waals surface area (Å²) in [5.74, 6) is 1.79. The van der Waals surface area contributed by atoms with Gasteiger partial charge in [-0.05, 0) is 24.3 Å². The molecule has 4 nitrogen and oxygen atoms in total. The predicted molar refractivity (Wildman–Crippen MR) is 67.2 cm³/mol.